The Balaban J connectivity index is 1.68. The predicted octanol–water partition coefficient (Wildman–Crippen LogP) is 3.33. The highest BCUT2D eigenvalue weighted by atomic mass is 32.1. The van der Waals surface area contributed by atoms with E-state index in [2.05, 4.69) is 15.0 Å². The maximum absolute atomic E-state index is 14.2. The molecule has 0 unspecified atom stereocenters. The third kappa shape index (κ3) is 2.56. The molecule has 1 aliphatic heterocycles. The average molecular weight is 340 g/mol. The molecule has 120 valence electrons. The van der Waals surface area contributed by atoms with Crippen LogP contribution in [0.5, 0.6) is 0 Å². The number of halogens is 1. The average Bonchev–Trinajstić information content (AvgIpc) is 3.12. The Hall–Kier alpha value is -2.67. The van der Waals surface area contributed by atoms with Crippen LogP contribution >= 0.6 is 11.3 Å². The topological polar surface area (TPSA) is 59.0 Å². The summed E-state index contributed by atoms with van der Waals surface area (Å²) in [5, 5.41) is 2.24. The smallest absolute Gasteiger partial charge is 0.277 e. The van der Waals surface area contributed by atoms with Crippen LogP contribution in [0.3, 0.4) is 0 Å². The minimum Gasteiger partial charge on any atom is -0.304 e. The molecule has 0 spiro atoms. The summed E-state index contributed by atoms with van der Waals surface area (Å²) in [5.74, 6) is -0.186. The maximum atomic E-state index is 14.2. The maximum Gasteiger partial charge on any atom is 0.277 e. The van der Waals surface area contributed by atoms with Crippen LogP contribution in [-0.4, -0.2) is 27.4 Å². The number of carbonyl (C=O) groups is 1. The molecule has 2 aromatic heterocycles. The van der Waals surface area contributed by atoms with Gasteiger partial charge in [-0.15, -0.1) is 11.3 Å². The van der Waals surface area contributed by atoms with Gasteiger partial charge in [0.05, 0.1) is 5.69 Å². The van der Waals surface area contributed by atoms with Crippen molar-refractivity contribution in [1.29, 1.82) is 0 Å². The molecular formula is C17H13FN4OS. The molecule has 4 rings (SSSR count). The van der Waals surface area contributed by atoms with Crippen LogP contribution in [0.2, 0.25) is 0 Å². The van der Waals surface area contributed by atoms with Crippen molar-refractivity contribution in [3.8, 4) is 10.8 Å². The van der Waals surface area contributed by atoms with Gasteiger partial charge < -0.3 is 4.90 Å². The van der Waals surface area contributed by atoms with Crippen LogP contribution < -0.4 is 4.90 Å². The summed E-state index contributed by atoms with van der Waals surface area (Å²) >= 11 is 1.30. The summed E-state index contributed by atoms with van der Waals surface area (Å²) in [7, 11) is 0. The SMILES string of the molecule is O=C(c1csc(-c2ncccn2)n1)N1CCCc2cccc(F)c21. The van der Waals surface area contributed by atoms with Gasteiger partial charge >= 0.3 is 0 Å². The molecule has 0 aliphatic carbocycles. The van der Waals surface area contributed by atoms with Crippen molar-refractivity contribution in [2.75, 3.05) is 11.4 Å². The Morgan fingerprint density at radius 3 is 2.88 bits per heavy atom. The van der Waals surface area contributed by atoms with Gasteiger partial charge in [-0.05, 0) is 30.5 Å². The van der Waals surface area contributed by atoms with E-state index in [1.54, 1.807) is 29.9 Å². The quantitative estimate of drug-likeness (QED) is 0.718. The van der Waals surface area contributed by atoms with E-state index >= 15 is 0 Å². The summed E-state index contributed by atoms with van der Waals surface area (Å²) in [4.78, 5) is 26.9. The molecule has 0 fully saturated rings. The third-order valence-electron chi connectivity index (χ3n) is 3.89. The highest BCUT2D eigenvalue weighted by Gasteiger charge is 2.28. The van der Waals surface area contributed by atoms with E-state index in [9.17, 15) is 9.18 Å². The van der Waals surface area contributed by atoms with E-state index in [4.69, 9.17) is 0 Å². The van der Waals surface area contributed by atoms with Crippen LogP contribution in [0, 0.1) is 5.82 Å². The molecule has 0 atom stereocenters. The summed E-state index contributed by atoms with van der Waals surface area (Å²) in [5.41, 5.74) is 1.52. The number of fused-ring (bicyclic) bond motifs is 1. The van der Waals surface area contributed by atoms with Crippen LogP contribution in [0.1, 0.15) is 22.5 Å². The zero-order valence-electron chi connectivity index (χ0n) is 12.6. The van der Waals surface area contributed by atoms with E-state index in [-0.39, 0.29) is 11.7 Å². The first kappa shape index (κ1) is 14.9. The number of amides is 1. The standard InChI is InChI=1S/C17H13FN4OS/c18-12-6-1-4-11-5-2-9-22(14(11)12)17(23)13-10-24-16(21-13)15-19-7-3-8-20-15/h1,3-4,6-8,10H,2,5,9H2. The Bertz CT molecular complexity index is 897. The molecular weight excluding hydrogens is 327 g/mol. The molecule has 7 heteroatoms. The third-order valence-corrected chi connectivity index (χ3v) is 4.73. The van der Waals surface area contributed by atoms with Crippen LogP contribution in [0.25, 0.3) is 10.8 Å². The van der Waals surface area contributed by atoms with Crippen molar-refractivity contribution in [3.63, 3.8) is 0 Å². The molecule has 24 heavy (non-hydrogen) atoms. The number of thiazole rings is 1. The van der Waals surface area contributed by atoms with E-state index in [1.165, 1.54) is 22.3 Å². The van der Waals surface area contributed by atoms with Crippen molar-refractivity contribution in [1.82, 2.24) is 15.0 Å². The predicted molar refractivity (Wildman–Crippen MR) is 89.5 cm³/mol. The first-order valence-corrected chi connectivity index (χ1v) is 8.44. The largest absolute Gasteiger partial charge is 0.304 e. The summed E-state index contributed by atoms with van der Waals surface area (Å²) < 4.78 is 14.2. The van der Waals surface area contributed by atoms with E-state index in [1.807, 2.05) is 6.07 Å². The van der Waals surface area contributed by atoms with Gasteiger partial charge in [0.2, 0.25) is 0 Å². The number of aryl methyl sites for hydroxylation is 1. The number of nitrogens with zero attached hydrogens (tertiary/aromatic N) is 4. The lowest BCUT2D eigenvalue weighted by molar-refractivity contribution is 0.0980. The van der Waals surface area contributed by atoms with Gasteiger partial charge in [-0.2, -0.15) is 0 Å². The lowest BCUT2D eigenvalue weighted by Gasteiger charge is -2.29. The van der Waals surface area contributed by atoms with E-state index < -0.39 is 0 Å². The van der Waals surface area contributed by atoms with Crippen LogP contribution in [0.4, 0.5) is 10.1 Å². The highest BCUT2D eigenvalue weighted by molar-refractivity contribution is 7.13. The number of aromatic nitrogens is 3. The van der Waals surface area contributed by atoms with Gasteiger partial charge in [-0.25, -0.2) is 19.3 Å². The second-order valence-corrected chi connectivity index (χ2v) is 6.28. The van der Waals surface area contributed by atoms with Crippen molar-refractivity contribution in [3.05, 3.63) is 59.1 Å². The number of para-hydroxylation sites is 1. The van der Waals surface area contributed by atoms with E-state index in [0.29, 0.717) is 28.8 Å². The van der Waals surface area contributed by atoms with E-state index in [0.717, 1.165) is 18.4 Å². The molecule has 1 aromatic carbocycles. The Morgan fingerprint density at radius 2 is 2.04 bits per heavy atom. The molecule has 3 aromatic rings. The fraction of sp³-hybridized carbons (Fsp3) is 0.176. The fourth-order valence-corrected chi connectivity index (χ4v) is 3.57. The first-order valence-electron chi connectivity index (χ1n) is 7.56. The molecule has 0 N–H and O–H groups in total. The summed E-state index contributed by atoms with van der Waals surface area (Å²) in [6.45, 7) is 0.488. The highest BCUT2D eigenvalue weighted by Crippen LogP contribution is 2.31. The molecule has 0 saturated heterocycles. The second kappa shape index (κ2) is 6.09. The zero-order valence-corrected chi connectivity index (χ0v) is 13.5. The first-order chi connectivity index (χ1) is 11.7. The monoisotopic (exact) mass is 340 g/mol. The molecule has 5 nitrogen and oxygen atoms in total. The molecule has 0 saturated carbocycles. The number of hydrogen-bond donors (Lipinski definition) is 0. The molecule has 1 aliphatic rings. The number of hydrogen-bond acceptors (Lipinski definition) is 5. The van der Waals surface area contributed by atoms with Crippen molar-refractivity contribution < 1.29 is 9.18 Å². The fourth-order valence-electron chi connectivity index (χ4n) is 2.83. The lowest BCUT2D eigenvalue weighted by Crippen LogP contribution is -2.36. The van der Waals surface area contributed by atoms with Gasteiger partial charge in [0, 0.05) is 24.3 Å². The van der Waals surface area contributed by atoms with Crippen LogP contribution in [0.15, 0.2) is 42.0 Å². The van der Waals surface area contributed by atoms with Gasteiger partial charge in [-0.3, -0.25) is 4.79 Å². The van der Waals surface area contributed by atoms with Gasteiger partial charge in [-0.1, -0.05) is 12.1 Å². The van der Waals surface area contributed by atoms with Crippen LogP contribution in [-0.2, 0) is 6.42 Å². The Labute approximate surface area is 141 Å². The molecule has 0 radical (unpaired) electrons. The van der Waals surface area contributed by atoms with Crippen molar-refractivity contribution in [2.45, 2.75) is 12.8 Å². The second-order valence-electron chi connectivity index (χ2n) is 5.42. The Kier molecular flexibility index (Phi) is 3.78. The molecule has 1 amide bonds. The summed E-state index contributed by atoms with van der Waals surface area (Å²) in [6, 6.07) is 6.64. The van der Waals surface area contributed by atoms with Gasteiger partial charge in [0.1, 0.15) is 11.5 Å². The normalized spacial score (nSPS) is 13.6. The minimum atomic E-state index is -0.373. The lowest BCUT2D eigenvalue weighted by atomic mass is 10.0. The Morgan fingerprint density at radius 1 is 1.21 bits per heavy atom. The number of carbonyl (C=O) groups excluding carboxylic acids is 1. The number of benzene rings is 1. The number of rotatable bonds is 2. The summed E-state index contributed by atoms with van der Waals surface area (Å²) in [6.07, 6.45) is 4.83. The zero-order chi connectivity index (χ0) is 16.5. The van der Waals surface area contributed by atoms with Crippen molar-refractivity contribution in [2.24, 2.45) is 0 Å². The molecule has 3 heterocycles. The van der Waals surface area contributed by atoms with Gasteiger partial charge in [0.15, 0.2) is 10.8 Å². The minimum absolute atomic E-state index is 0.290. The van der Waals surface area contributed by atoms with Gasteiger partial charge in [0.25, 0.3) is 5.91 Å². The molecule has 0 bridgehead atoms. The van der Waals surface area contributed by atoms with Crippen molar-refractivity contribution >= 4 is 22.9 Å². The number of anilines is 1.